The van der Waals surface area contributed by atoms with Crippen LogP contribution < -0.4 is 51.4 Å². The van der Waals surface area contributed by atoms with Crippen molar-refractivity contribution < 1.29 is 133 Å². The average Bonchev–Trinajstić information content (AvgIpc) is 0. The third-order valence-corrected chi connectivity index (χ3v) is 0. The van der Waals surface area contributed by atoms with Gasteiger partial charge in [0.05, 0.1) is 0 Å². The second kappa shape index (κ2) is 23.1. The largest absolute Gasteiger partial charge is 1.00 e. The summed E-state index contributed by atoms with van der Waals surface area (Å²) in [6.45, 7) is 0. The van der Waals surface area contributed by atoms with E-state index < -0.39 is 0 Å². The molecule has 0 atom stereocenters. The third-order valence-electron chi connectivity index (χ3n) is 0. The van der Waals surface area contributed by atoms with Crippen molar-refractivity contribution in [2.45, 2.75) is 0 Å². The Morgan fingerprint density at radius 2 is 1.20 bits per heavy atom. The van der Waals surface area contributed by atoms with E-state index in [4.69, 9.17) is 0 Å². The predicted molar refractivity (Wildman–Crippen MR) is 6.87 cm³/mol. The van der Waals surface area contributed by atoms with Crippen molar-refractivity contribution in [1.82, 2.24) is 0 Å². The van der Waals surface area contributed by atoms with Gasteiger partial charge in [0.15, 0.2) is 0 Å². The van der Waals surface area contributed by atoms with Crippen molar-refractivity contribution in [3.05, 3.63) is 0 Å². The van der Waals surface area contributed by atoms with Gasteiger partial charge in [-0.15, -0.1) is 0 Å². The molecule has 5 heteroatoms. The van der Waals surface area contributed by atoms with E-state index in [1.807, 2.05) is 0 Å². The summed E-state index contributed by atoms with van der Waals surface area (Å²) in [5, 5.41) is 0. The van der Waals surface area contributed by atoms with Gasteiger partial charge in [0.1, 0.15) is 0 Å². The van der Waals surface area contributed by atoms with Crippen molar-refractivity contribution in [3.63, 3.8) is 0 Å². The van der Waals surface area contributed by atoms with E-state index in [-0.39, 0.29) is 156 Å². The standard InChI is InChI=1S/Ce.Fe.K.Mg.Mo.H/q;;+1;;;-1. The molecule has 0 bridgehead atoms. The van der Waals surface area contributed by atoms with Gasteiger partial charge in [0.2, 0.25) is 0 Å². The summed E-state index contributed by atoms with van der Waals surface area (Å²) in [5.74, 6) is 0. The van der Waals surface area contributed by atoms with Crippen molar-refractivity contribution in [2.75, 3.05) is 0 Å². The predicted octanol–water partition coefficient (Wildman–Crippen LogP) is -3.27. The van der Waals surface area contributed by atoms with Crippen LogP contribution in [0.25, 0.3) is 0 Å². The van der Waals surface area contributed by atoms with E-state index in [2.05, 4.69) is 0 Å². The fourth-order valence-corrected chi connectivity index (χ4v) is 0. The minimum atomic E-state index is 0. The zero-order chi connectivity index (χ0) is 0. The molecule has 0 saturated heterocycles. The maximum Gasteiger partial charge on any atom is 1.00 e. The summed E-state index contributed by atoms with van der Waals surface area (Å²) in [6.07, 6.45) is 0. The quantitative estimate of drug-likeness (QED) is 0.400. The summed E-state index contributed by atoms with van der Waals surface area (Å²) in [4.78, 5) is 0. The minimum absolute atomic E-state index is 0. The van der Waals surface area contributed by atoms with E-state index in [0.29, 0.717) is 0 Å². The van der Waals surface area contributed by atoms with Gasteiger partial charge < -0.3 is 1.43 Å². The Hall–Kier alpha value is 4.99. The molecule has 0 rings (SSSR count). The Morgan fingerprint density at radius 3 is 1.20 bits per heavy atom. The van der Waals surface area contributed by atoms with Gasteiger partial charge >= 0.3 is 51.4 Å². The van der Waals surface area contributed by atoms with Crippen LogP contribution in [-0.4, -0.2) is 23.1 Å². The van der Waals surface area contributed by atoms with E-state index in [1.54, 1.807) is 0 Å². The molecule has 0 aliphatic carbocycles. The molecule has 0 aliphatic heterocycles. The molecule has 0 saturated carbocycles. The molecule has 0 amide bonds. The van der Waals surface area contributed by atoms with Gasteiger partial charge in [-0.1, -0.05) is 0 Å². The normalized spacial score (nSPS) is 0. The molecule has 0 aliphatic rings. The van der Waals surface area contributed by atoms with Crippen LogP contribution in [0.2, 0.25) is 0 Å². The maximum atomic E-state index is 0. The van der Waals surface area contributed by atoms with Crippen LogP contribution in [-0.2, 0) is 38.1 Å². The van der Waals surface area contributed by atoms with Crippen LogP contribution in [0, 0.1) is 41.7 Å². The molecule has 0 N–H and O–H groups in total. The maximum absolute atomic E-state index is 0. The Labute approximate surface area is 151 Å². The van der Waals surface area contributed by atoms with Crippen LogP contribution >= 0.6 is 0 Å². The second-order valence-corrected chi connectivity index (χ2v) is 0. The Balaban J connectivity index is 0. The monoisotopic (exact) mass is 358 g/mol. The third kappa shape index (κ3) is 17.6. The first-order valence-corrected chi connectivity index (χ1v) is 0. The van der Waals surface area contributed by atoms with Gasteiger partial charge in [-0.3, -0.25) is 0 Å². The molecule has 0 spiro atoms. The van der Waals surface area contributed by atoms with Crippen molar-refractivity contribution in [3.8, 4) is 0 Å². The average molecular weight is 356 g/mol. The number of hydrogen-bond donors (Lipinski definition) is 0. The summed E-state index contributed by atoms with van der Waals surface area (Å²) in [5.41, 5.74) is 0. The van der Waals surface area contributed by atoms with Crippen LogP contribution in [0.5, 0.6) is 0 Å². The van der Waals surface area contributed by atoms with E-state index in [9.17, 15) is 0 Å². The van der Waals surface area contributed by atoms with Crippen molar-refractivity contribution in [1.29, 1.82) is 0 Å². The first kappa shape index (κ1) is 32.4. The fourth-order valence-electron chi connectivity index (χ4n) is 0. The second-order valence-electron chi connectivity index (χ2n) is 0. The smallest absolute Gasteiger partial charge is 1.00 e. The molecule has 0 unspecified atom stereocenters. The first-order valence-electron chi connectivity index (χ1n) is 0. The zero-order valence-electron chi connectivity index (χ0n) is 3.97. The molecule has 5 heavy (non-hydrogen) atoms. The van der Waals surface area contributed by atoms with E-state index in [1.165, 1.54) is 0 Å². The topological polar surface area (TPSA) is 0 Å². The van der Waals surface area contributed by atoms with Crippen LogP contribution in [0.1, 0.15) is 1.43 Å². The van der Waals surface area contributed by atoms with Crippen LogP contribution in [0.15, 0.2) is 0 Å². The first-order chi connectivity index (χ1) is 0. The molecule has 0 fully saturated rings. The van der Waals surface area contributed by atoms with Gasteiger partial charge in [-0.05, 0) is 0 Å². The number of rotatable bonds is 0. The fraction of sp³-hybridized carbons (Fsp3) is 0. The molecular formula is HCeFeKMgMo. The molecule has 0 heterocycles. The molecular weight excluding hydrogens is 355 g/mol. The summed E-state index contributed by atoms with van der Waals surface area (Å²) in [7, 11) is 0. The molecule has 0 aromatic rings. The Bertz CT molecular complexity index is 15.5. The van der Waals surface area contributed by atoms with Gasteiger partial charge in [-0.25, -0.2) is 0 Å². The van der Waals surface area contributed by atoms with Crippen molar-refractivity contribution >= 4 is 23.1 Å². The molecule has 0 aromatic heterocycles. The minimum Gasteiger partial charge on any atom is -1.00 e. The van der Waals surface area contributed by atoms with Crippen LogP contribution in [0.4, 0.5) is 0 Å². The molecule has 0 aromatic carbocycles. The zero-order valence-corrected chi connectivity index (χ0v) is 13.8. The summed E-state index contributed by atoms with van der Waals surface area (Å²) < 4.78 is 0. The van der Waals surface area contributed by atoms with Gasteiger partial charge in [-0.2, -0.15) is 0 Å². The van der Waals surface area contributed by atoms with Gasteiger partial charge in [0, 0.05) is 103 Å². The number of hydrogen-bond acceptors (Lipinski definition) is 0. The molecule has 22 valence electrons. The van der Waals surface area contributed by atoms with Crippen LogP contribution in [0.3, 0.4) is 0 Å². The Morgan fingerprint density at radius 1 is 1.20 bits per heavy atom. The Kier molecular flexibility index (Phi) is 150. The molecule has 0 nitrogen and oxygen atoms in total. The SMILES string of the molecule is [Ce].[Fe].[H-].[K+].[Mg].[Mo]. The summed E-state index contributed by atoms with van der Waals surface area (Å²) in [6, 6.07) is 0. The molecule has 2 radical (unpaired) electrons. The van der Waals surface area contributed by atoms with Crippen molar-refractivity contribution in [2.24, 2.45) is 0 Å². The van der Waals surface area contributed by atoms with Gasteiger partial charge in [0.25, 0.3) is 0 Å². The summed E-state index contributed by atoms with van der Waals surface area (Å²) >= 11 is 0. The van der Waals surface area contributed by atoms with E-state index >= 15 is 0 Å². The van der Waals surface area contributed by atoms with E-state index in [0.717, 1.165) is 0 Å².